The van der Waals surface area contributed by atoms with Gasteiger partial charge in [-0.2, -0.15) is 4.99 Å². The van der Waals surface area contributed by atoms with Crippen LogP contribution in [-0.2, 0) is 6.42 Å². The number of hydrogen-bond acceptors (Lipinski definition) is 5. The summed E-state index contributed by atoms with van der Waals surface area (Å²) in [4.78, 5) is 21.5. The number of nitrogens with zero attached hydrogens (tertiary/aromatic N) is 5. The minimum absolute atomic E-state index is 0.265. The van der Waals surface area contributed by atoms with Gasteiger partial charge in [0.25, 0.3) is 0 Å². The smallest absolute Gasteiger partial charge is 0.406 e. The van der Waals surface area contributed by atoms with Crippen molar-refractivity contribution in [2.45, 2.75) is 32.8 Å². The molecule has 1 atom stereocenters. The van der Waals surface area contributed by atoms with Crippen molar-refractivity contribution in [3.8, 4) is 28.5 Å². The van der Waals surface area contributed by atoms with E-state index in [9.17, 15) is 18.0 Å². The van der Waals surface area contributed by atoms with Gasteiger partial charge in [0, 0.05) is 16.6 Å². The Hall–Kier alpha value is -4.78. The van der Waals surface area contributed by atoms with Crippen LogP contribution in [0.5, 0.6) is 5.75 Å². The SMILES string of the molecule is CCc1ccccc1-n1c(C)csc1=NC(=O)NCC(F)c1ccc(-c2ncn(-c3ccc(OC(F)(F)F)cc3)n2)cc1. The first-order valence-corrected chi connectivity index (χ1v) is 14.1. The molecule has 1 unspecified atom stereocenters. The maximum Gasteiger partial charge on any atom is 0.573 e. The van der Waals surface area contributed by atoms with E-state index in [1.54, 1.807) is 24.3 Å². The van der Waals surface area contributed by atoms with Gasteiger partial charge in [-0.15, -0.1) is 29.6 Å². The Kier molecular flexibility index (Phi) is 8.71. The van der Waals surface area contributed by atoms with Gasteiger partial charge >= 0.3 is 12.4 Å². The minimum atomic E-state index is -4.78. The van der Waals surface area contributed by atoms with Gasteiger partial charge in [-0.05, 0) is 54.8 Å². The number of aryl methyl sites for hydroxylation is 2. The molecule has 2 aromatic heterocycles. The molecule has 3 aromatic carbocycles. The van der Waals surface area contributed by atoms with Gasteiger partial charge in [0.15, 0.2) is 10.6 Å². The van der Waals surface area contributed by atoms with Gasteiger partial charge in [-0.3, -0.25) is 4.57 Å². The average molecular weight is 611 g/mol. The van der Waals surface area contributed by atoms with E-state index in [4.69, 9.17) is 0 Å². The predicted octanol–water partition coefficient (Wildman–Crippen LogP) is 6.88. The summed E-state index contributed by atoms with van der Waals surface area (Å²) in [6.07, 6.45) is -4.02. The average Bonchev–Trinajstić information content (AvgIpc) is 3.62. The molecule has 2 heterocycles. The normalized spacial score (nSPS) is 12.7. The summed E-state index contributed by atoms with van der Waals surface area (Å²) in [5, 5.41) is 8.81. The second kappa shape index (κ2) is 12.6. The number of thiazole rings is 1. The van der Waals surface area contributed by atoms with E-state index in [2.05, 4.69) is 32.1 Å². The predicted molar refractivity (Wildman–Crippen MR) is 154 cm³/mol. The number of urea groups is 1. The molecule has 5 rings (SSSR count). The number of rotatable bonds is 8. The van der Waals surface area contributed by atoms with Gasteiger partial charge < -0.3 is 10.1 Å². The Morgan fingerprint density at radius 1 is 1.07 bits per heavy atom. The van der Waals surface area contributed by atoms with Crippen molar-refractivity contribution in [2.24, 2.45) is 4.99 Å². The van der Waals surface area contributed by atoms with Crippen molar-refractivity contribution in [2.75, 3.05) is 6.54 Å². The number of halogens is 4. The third-order valence-electron chi connectivity index (χ3n) is 6.48. The Bertz CT molecular complexity index is 1780. The van der Waals surface area contributed by atoms with Gasteiger partial charge in [-0.25, -0.2) is 18.9 Å². The molecule has 0 fully saturated rings. The van der Waals surface area contributed by atoms with E-state index in [0.717, 1.165) is 23.4 Å². The summed E-state index contributed by atoms with van der Waals surface area (Å²) >= 11 is 1.33. The highest BCUT2D eigenvalue weighted by Crippen LogP contribution is 2.25. The maximum atomic E-state index is 15.0. The minimum Gasteiger partial charge on any atom is -0.406 e. The number of para-hydroxylation sites is 1. The van der Waals surface area contributed by atoms with E-state index in [1.807, 2.05) is 41.1 Å². The van der Waals surface area contributed by atoms with Crippen LogP contribution < -0.4 is 14.9 Å². The molecular weight excluding hydrogens is 584 g/mol. The number of hydrogen-bond donors (Lipinski definition) is 1. The van der Waals surface area contributed by atoms with Crippen molar-refractivity contribution in [3.63, 3.8) is 0 Å². The zero-order valence-electron chi connectivity index (χ0n) is 23.0. The van der Waals surface area contributed by atoms with Crippen molar-refractivity contribution >= 4 is 17.4 Å². The number of nitrogens with one attached hydrogen (secondary N) is 1. The first-order chi connectivity index (χ1) is 20.6. The largest absolute Gasteiger partial charge is 0.573 e. The molecule has 0 radical (unpaired) electrons. The van der Waals surface area contributed by atoms with E-state index in [-0.39, 0.29) is 12.3 Å². The van der Waals surface area contributed by atoms with Crippen molar-refractivity contribution < 1.29 is 27.1 Å². The number of ether oxygens (including phenoxy) is 1. The molecule has 0 bridgehead atoms. The van der Waals surface area contributed by atoms with E-state index >= 15 is 4.39 Å². The number of amides is 2. The van der Waals surface area contributed by atoms with Gasteiger partial charge in [0.05, 0.1) is 17.9 Å². The van der Waals surface area contributed by atoms with Crippen LogP contribution in [-0.4, -0.2) is 38.3 Å². The van der Waals surface area contributed by atoms with Gasteiger partial charge in [-0.1, -0.05) is 49.4 Å². The van der Waals surface area contributed by atoms with Crippen LogP contribution in [0.15, 0.2) is 89.5 Å². The standard InChI is InChI=1S/C30H26F4N6O2S/c1-3-20-6-4-5-7-26(20)40-19(2)17-43-29(40)37-28(41)35-16-25(31)21-8-10-22(11-9-21)27-36-18-39(38-27)23-12-14-24(15-13-23)42-30(32,33)34/h4-15,17-18,25H,3,16H2,1-2H3,(H,35,41). The molecule has 0 aliphatic heterocycles. The van der Waals surface area contributed by atoms with E-state index < -0.39 is 18.6 Å². The number of aromatic nitrogens is 4. The Morgan fingerprint density at radius 3 is 2.49 bits per heavy atom. The highest BCUT2D eigenvalue weighted by atomic mass is 32.1. The highest BCUT2D eigenvalue weighted by Gasteiger charge is 2.31. The fourth-order valence-corrected chi connectivity index (χ4v) is 5.24. The van der Waals surface area contributed by atoms with Crippen LogP contribution in [0.1, 0.15) is 29.9 Å². The second-order valence-corrected chi connectivity index (χ2v) is 10.3. The van der Waals surface area contributed by atoms with Crippen molar-refractivity contribution in [1.29, 1.82) is 0 Å². The molecule has 0 saturated carbocycles. The number of carbonyl (C=O) groups excluding carboxylic acids is 1. The van der Waals surface area contributed by atoms with Crippen LogP contribution in [0.2, 0.25) is 0 Å². The summed E-state index contributed by atoms with van der Waals surface area (Å²) < 4.78 is 59.4. The molecular formula is C30H26F4N6O2S. The van der Waals surface area contributed by atoms with Crippen LogP contribution in [0, 0.1) is 6.92 Å². The summed E-state index contributed by atoms with van der Waals surface area (Å²) in [5.74, 6) is -0.00491. The summed E-state index contributed by atoms with van der Waals surface area (Å²) in [5.41, 5.74) is 4.44. The molecule has 43 heavy (non-hydrogen) atoms. The third kappa shape index (κ3) is 7.17. The summed E-state index contributed by atoms with van der Waals surface area (Å²) in [6.45, 7) is 3.73. The Balaban J connectivity index is 1.22. The van der Waals surface area contributed by atoms with Crippen LogP contribution in [0.25, 0.3) is 22.8 Å². The molecule has 13 heteroatoms. The molecule has 5 aromatic rings. The number of benzene rings is 3. The lowest BCUT2D eigenvalue weighted by Gasteiger charge is -2.11. The summed E-state index contributed by atoms with van der Waals surface area (Å²) in [7, 11) is 0. The monoisotopic (exact) mass is 610 g/mol. The second-order valence-electron chi connectivity index (χ2n) is 9.42. The molecule has 0 spiro atoms. The van der Waals surface area contributed by atoms with Gasteiger partial charge in [0.2, 0.25) is 0 Å². The lowest BCUT2D eigenvalue weighted by Crippen LogP contribution is -2.27. The topological polar surface area (TPSA) is 86.3 Å². The lowest BCUT2D eigenvalue weighted by molar-refractivity contribution is -0.274. The molecule has 1 N–H and O–H groups in total. The molecule has 8 nitrogen and oxygen atoms in total. The van der Waals surface area contributed by atoms with Crippen LogP contribution in [0.3, 0.4) is 0 Å². The van der Waals surface area contributed by atoms with E-state index in [0.29, 0.717) is 27.4 Å². The zero-order chi connectivity index (χ0) is 30.6. The first kappa shape index (κ1) is 29.7. The Morgan fingerprint density at radius 2 is 1.79 bits per heavy atom. The maximum absolute atomic E-state index is 15.0. The highest BCUT2D eigenvalue weighted by molar-refractivity contribution is 7.07. The summed E-state index contributed by atoms with van der Waals surface area (Å²) in [6, 6.07) is 18.9. The van der Waals surface area contributed by atoms with Crippen LogP contribution in [0.4, 0.5) is 22.4 Å². The number of alkyl halides is 4. The fraction of sp³-hybridized carbons (Fsp3) is 0.200. The molecule has 2 amide bonds. The molecule has 0 saturated heterocycles. The number of carbonyl (C=O) groups is 1. The first-order valence-electron chi connectivity index (χ1n) is 13.2. The zero-order valence-corrected chi connectivity index (χ0v) is 23.9. The quantitative estimate of drug-likeness (QED) is 0.194. The van der Waals surface area contributed by atoms with Crippen molar-refractivity contribution in [1.82, 2.24) is 24.6 Å². The van der Waals surface area contributed by atoms with Crippen molar-refractivity contribution in [3.05, 3.63) is 106 Å². The Labute approximate surface area is 247 Å². The van der Waals surface area contributed by atoms with Crippen LogP contribution >= 0.6 is 11.3 Å². The molecule has 222 valence electrons. The molecule has 0 aliphatic rings. The molecule has 0 aliphatic carbocycles. The van der Waals surface area contributed by atoms with Gasteiger partial charge in [0.1, 0.15) is 18.2 Å². The van der Waals surface area contributed by atoms with E-state index in [1.165, 1.54) is 46.6 Å². The lowest BCUT2D eigenvalue weighted by atomic mass is 10.1. The third-order valence-corrected chi connectivity index (χ3v) is 7.42. The fourth-order valence-electron chi connectivity index (χ4n) is 4.37.